The highest BCUT2D eigenvalue weighted by atomic mass is 79.9. The van der Waals surface area contributed by atoms with E-state index in [1.165, 1.54) is 6.42 Å². The van der Waals surface area contributed by atoms with Crippen LogP contribution in [0.4, 0.5) is 5.69 Å². The van der Waals surface area contributed by atoms with Gasteiger partial charge < -0.3 is 11.1 Å². The summed E-state index contributed by atoms with van der Waals surface area (Å²) in [4.78, 5) is 14.3. The van der Waals surface area contributed by atoms with Crippen molar-refractivity contribution >= 4 is 39.9 Å². The minimum atomic E-state index is 0. The summed E-state index contributed by atoms with van der Waals surface area (Å²) in [6.07, 6.45) is 2.34. The summed E-state index contributed by atoms with van der Waals surface area (Å²) in [5.41, 5.74) is 6.68. The van der Waals surface area contributed by atoms with E-state index in [1.54, 1.807) is 0 Å². The lowest BCUT2D eigenvalue weighted by Crippen LogP contribution is -2.51. The number of likely N-dealkylation sites (tertiary alicyclic amines) is 1. The fraction of sp³-hybridized carbons (Fsp3) is 0.533. The summed E-state index contributed by atoms with van der Waals surface area (Å²) >= 11 is 3.38. The highest BCUT2D eigenvalue weighted by molar-refractivity contribution is 9.10. The molecule has 1 heterocycles. The van der Waals surface area contributed by atoms with Crippen LogP contribution in [0.1, 0.15) is 19.8 Å². The van der Waals surface area contributed by atoms with Crippen LogP contribution in [-0.2, 0) is 4.79 Å². The van der Waals surface area contributed by atoms with Gasteiger partial charge in [0.05, 0.1) is 6.54 Å². The number of hydrogen-bond acceptors (Lipinski definition) is 3. The van der Waals surface area contributed by atoms with Crippen molar-refractivity contribution < 1.29 is 4.79 Å². The predicted molar refractivity (Wildman–Crippen MR) is 92.8 cm³/mol. The van der Waals surface area contributed by atoms with Crippen LogP contribution in [0.2, 0.25) is 0 Å². The number of nitrogens with two attached hydrogens (primary N) is 1. The quantitative estimate of drug-likeness (QED) is 0.849. The zero-order valence-corrected chi connectivity index (χ0v) is 14.6. The highest BCUT2D eigenvalue weighted by Crippen LogP contribution is 2.22. The molecule has 0 bridgehead atoms. The first-order valence-electron chi connectivity index (χ1n) is 7.09. The lowest BCUT2D eigenvalue weighted by molar-refractivity contribution is -0.118. The molecule has 0 radical (unpaired) electrons. The average molecular weight is 377 g/mol. The molecule has 2 rings (SSSR count). The Morgan fingerprint density at radius 1 is 1.43 bits per heavy atom. The van der Waals surface area contributed by atoms with Crippen LogP contribution in [0.15, 0.2) is 28.7 Å². The molecule has 118 valence electrons. The summed E-state index contributed by atoms with van der Waals surface area (Å²) in [7, 11) is 0. The van der Waals surface area contributed by atoms with Gasteiger partial charge in [-0.05, 0) is 49.6 Å². The van der Waals surface area contributed by atoms with Crippen LogP contribution in [0.3, 0.4) is 0 Å². The van der Waals surface area contributed by atoms with E-state index in [4.69, 9.17) is 5.73 Å². The van der Waals surface area contributed by atoms with Gasteiger partial charge >= 0.3 is 0 Å². The van der Waals surface area contributed by atoms with E-state index in [2.05, 4.69) is 33.1 Å². The minimum Gasteiger partial charge on any atom is -0.329 e. The molecule has 3 N–H and O–H groups in total. The maximum absolute atomic E-state index is 12.1. The molecule has 0 aromatic heterocycles. The number of nitrogens with one attached hydrogen (secondary N) is 1. The van der Waals surface area contributed by atoms with E-state index >= 15 is 0 Å². The first-order chi connectivity index (χ1) is 9.60. The Bertz CT molecular complexity index is 455. The highest BCUT2D eigenvalue weighted by Gasteiger charge is 2.28. The molecule has 1 aromatic carbocycles. The second-order valence-electron chi connectivity index (χ2n) is 5.45. The Kier molecular flexibility index (Phi) is 7.66. The molecular weight excluding hydrogens is 354 g/mol. The van der Waals surface area contributed by atoms with E-state index in [0.717, 1.165) is 23.1 Å². The molecule has 6 heteroatoms. The molecule has 21 heavy (non-hydrogen) atoms. The molecule has 0 saturated carbocycles. The van der Waals surface area contributed by atoms with Crippen molar-refractivity contribution in [3.05, 3.63) is 28.7 Å². The standard InChI is InChI=1S/C15H22BrN3O.ClH/c1-11-3-2-8-19(14(11)9-17)10-15(20)18-13-6-4-12(16)5-7-13;/h4-7,11,14H,2-3,8-10,17H2,1H3,(H,18,20);1H. The van der Waals surface area contributed by atoms with Gasteiger partial charge in [0.25, 0.3) is 0 Å². The second kappa shape index (κ2) is 8.73. The lowest BCUT2D eigenvalue weighted by atomic mass is 9.91. The maximum Gasteiger partial charge on any atom is 0.238 e. The van der Waals surface area contributed by atoms with Gasteiger partial charge in [-0.2, -0.15) is 0 Å². The molecule has 1 aliphatic rings. The normalized spacial score (nSPS) is 22.4. The number of amides is 1. The summed E-state index contributed by atoms with van der Waals surface area (Å²) in [5.74, 6) is 0.592. The predicted octanol–water partition coefficient (Wildman–Crippen LogP) is 2.87. The molecule has 1 amide bonds. The third-order valence-electron chi connectivity index (χ3n) is 3.95. The first-order valence-corrected chi connectivity index (χ1v) is 7.89. The van der Waals surface area contributed by atoms with Crippen LogP contribution in [0.5, 0.6) is 0 Å². The molecule has 4 nitrogen and oxygen atoms in total. The molecular formula is C15H23BrClN3O. The van der Waals surface area contributed by atoms with E-state index in [9.17, 15) is 4.79 Å². The molecule has 1 aromatic rings. The van der Waals surface area contributed by atoms with Crippen molar-refractivity contribution in [2.75, 3.05) is 25.0 Å². The number of carbonyl (C=O) groups excluding carboxylic acids is 1. The summed E-state index contributed by atoms with van der Waals surface area (Å²) in [5, 5.41) is 2.93. The van der Waals surface area contributed by atoms with Crippen LogP contribution in [0, 0.1) is 5.92 Å². The first kappa shape index (κ1) is 18.4. The van der Waals surface area contributed by atoms with Crippen molar-refractivity contribution in [3.63, 3.8) is 0 Å². The van der Waals surface area contributed by atoms with Crippen molar-refractivity contribution in [1.82, 2.24) is 4.90 Å². The number of halogens is 2. The zero-order chi connectivity index (χ0) is 14.5. The molecule has 1 fully saturated rings. The fourth-order valence-corrected chi connectivity index (χ4v) is 3.09. The fourth-order valence-electron chi connectivity index (χ4n) is 2.83. The average Bonchev–Trinajstić information content (AvgIpc) is 2.42. The number of carbonyl (C=O) groups is 1. The Balaban J connectivity index is 0.00000220. The minimum absolute atomic E-state index is 0. The van der Waals surface area contributed by atoms with Crippen molar-refractivity contribution in [1.29, 1.82) is 0 Å². The molecule has 1 aliphatic heterocycles. The second-order valence-corrected chi connectivity index (χ2v) is 6.36. The van der Waals surface area contributed by atoms with Gasteiger partial charge in [-0.25, -0.2) is 0 Å². The third kappa shape index (κ3) is 5.25. The van der Waals surface area contributed by atoms with Crippen molar-refractivity contribution in [2.45, 2.75) is 25.8 Å². The number of nitrogens with zero attached hydrogens (tertiary/aromatic N) is 1. The van der Waals surface area contributed by atoms with Crippen molar-refractivity contribution in [2.24, 2.45) is 11.7 Å². The SMILES string of the molecule is CC1CCCN(CC(=O)Nc2ccc(Br)cc2)C1CN.Cl. The van der Waals surface area contributed by atoms with Gasteiger partial charge in [0.1, 0.15) is 0 Å². The van der Waals surface area contributed by atoms with Gasteiger partial charge in [-0.15, -0.1) is 12.4 Å². The Morgan fingerprint density at radius 2 is 2.10 bits per heavy atom. The van der Waals surface area contributed by atoms with Crippen LogP contribution >= 0.6 is 28.3 Å². The van der Waals surface area contributed by atoms with Gasteiger partial charge in [0, 0.05) is 22.7 Å². The van der Waals surface area contributed by atoms with Gasteiger partial charge in [-0.1, -0.05) is 22.9 Å². The van der Waals surface area contributed by atoms with E-state index in [1.807, 2.05) is 24.3 Å². The molecule has 2 unspecified atom stereocenters. The Morgan fingerprint density at radius 3 is 2.71 bits per heavy atom. The summed E-state index contributed by atoms with van der Waals surface area (Å²) < 4.78 is 1.00. The Labute approximate surface area is 141 Å². The largest absolute Gasteiger partial charge is 0.329 e. The number of anilines is 1. The summed E-state index contributed by atoms with van der Waals surface area (Å²) in [6.45, 7) is 4.21. The van der Waals surface area contributed by atoms with Gasteiger partial charge in [-0.3, -0.25) is 9.69 Å². The van der Waals surface area contributed by atoms with Crippen LogP contribution < -0.4 is 11.1 Å². The third-order valence-corrected chi connectivity index (χ3v) is 4.48. The number of piperidine rings is 1. The monoisotopic (exact) mass is 375 g/mol. The Hall–Kier alpha value is -0.620. The number of hydrogen-bond donors (Lipinski definition) is 2. The van der Waals surface area contributed by atoms with Crippen LogP contribution in [0.25, 0.3) is 0 Å². The van der Waals surface area contributed by atoms with E-state index in [0.29, 0.717) is 25.0 Å². The smallest absolute Gasteiger partial charge is 0.238 e. The van der Waals surface area contributed by atoms with Gasteiger partial charge in [0.15, 0.2) is 0 Å². The lowest BCUT2D eigenvalue weighted by Gasteiger charge is -2.38. The van der Waals surface area contributed by atoms with Gasteiger partial charge in [0.2, 0.25) is 5.91 Å². The van der Waals surface area contributed by atoms with Crippen LogP contribution in [-0.4, -0.2) is 36.5 Å². The van der Waals surface area contributed by atoms with Crippen molar-refractivity contribution in [3.8, 4) is 0 Å². The molecule has 0 spiro atoms. The number of benzene rings is 1. The molecule has 1 saturated heterocycles. The maximum atomic E-state index is 12.1. The van der Waals surface area contributed by atoms with E-state index < -0.39 is 0 Å². The molecule has 2 atom stereocenters. The van der Waals surface area contributed by atoms with E-state index in [-0.39, 0.29) is 18.3 Å². The number of rotatable bonds is 4. The summed E-state index contributed by atoms with van der Waals surface area (Å²) in [6, 6.07) is 7.93. The topological polar surface area (TPSA) is 58.4 Å². The zero-order valence-electron chi connectivity index (χ0n) is 12.2. The molecule has 0 aliphatic carbocycles.